The van der Waals surface area contributed by atoms with Crippen molar-refractivity contribution in [3.63, 3.8) is 0 Å². The first-order chi connectivity index (χ1) is 14.5. The number of carboxylic acid groups (broad SMARTS) is 1. The Morgan fingerprint density at radius 1 is 1.16 bits per heavy atom. The second-order valence-corrected chi connectivity index (χ2v) is 11.9. The molecule has 4 saturated carbocycles. The maximum atomic E-state index is 11.5. The van der Waals surface area contributed by atoms with Crippen molar-refractivity contribution in [3.8, 4) is 12.3 Å². The monoisotopic (exact) mass is 432 g/mol. The molecule has 0 aliphatic heterocycles. The summed E-state index contributed by atoms with van der Waals surface area (Å²) in [4.78, 5) is 11.1. The molecule has 4 aliphatic rings. The molecule has 0 aromatic rings. The number of aliphatic hydroxyl groups excluding tert-OH is 2. The van der Waals surface area contributed by atoms with Gasteiger partial charge in [-0.1, -0.05) is 26.7 Å². The predicted molar refractivity (Wildman–Crippen MR) is 118 cm³/mol. The summed E-state index contributed by atoms with van der Waals surface area (Å²) >= 11 is 0. The Balaban J connectivity index is 1.61. The minimum Gasteiger partial charge on any atom is -0.481 e. The number of hydrogen-bond donors (Lipinski definition) is 4. The van der Waals surface area contributed by atoms with E-state index in [0.717, 1.165) is 19.3 Å². The molecule has 0 radical (unpaired) electrons. The van der Waals surface area contributed by atoms with Crippen LogP contribution in [0.5, 0.6) is 0 Å². The first-order valence-corrected chi connectivity index (χ1v) is 12.2. The lowest BCUT2D eigenvalue weighted by Crippen LogP contribution is -2.63. The summed E-state index contributed by atoms with van der Waals surface area (Å²) < 4.78 is 0. The number of rotatable bonds is 4. The van der Waals surface area contributed by atoms with Crippen LogP contribution in [0.3, 0.4) is 0 Å². The second kappa shape index (κ2) is 7.75. The van der Waals surface area contributed by atoms with Gasteiger partial charge < -0.3 is 20.4 Å². The number of terminal acetylenes is 1. The van der Waals surface area contributed by atoms with Crippen molar-refractivity contribution in [1.29, 1.82) is 0 Å². The van der Waals surface area contributed by atoms with Gasteiger partial charge in [0.1, 0.15) is 5.60 Å². The molecule has 0 aromatic carbocycles. The van der Waals surface area contributed by atoms with Gasteiger partial charge in [-0.05, 0) is 97.7 Å². The summed E-state index contributed by atoms with van der Waals surface area (Å²) in [5.41, 5.74) is -1.38. The third-order valence-corrected chi connectivity index (χ3v) is 10.7. The molecule has 0 aromatic heterocycles. The fourth-order valence-corrected chi connectivity index (χ4v) is 8.83. The van der Waals surface area contributed by atoms with Crippen molar-refractivity contribution < 1.29 is 25.2 Å². The Morgan fingerprint density at radius 3 is 2.52 bits per heavy atom. The molecule has 5 heteroatoms. The Labute approximate surface area is 186 Å². The molecular weight excluding hydrogens is 392 g/mol. The molecule has 31 heavy (non-hydrogen) atoms. The zero-order chi connectivity index (χ0) is 22.8. The number of aliphatic carboxylic acids is 1. The van der Waals surface area contributed by atoms with Gasteiger partial charge in [-0.3, -0.25) is 4.79 Å². The highest BCUT2D eigenvalue weighted by Gasteiger charge is 2.66. The molecule has 0 spiro atoms. The number of fused-ring (bicyclic) bond motifs is 5. The van der Waals surface area contributed by atoms with Gasteiger partial charge in [-0.15, -0.1) is 6.42 Å². The van der Waals surface area contributed by atoms with Gasteiger partial charge in [-0.25, -0.2) is 0 Å². The van der Waals surface area contributed by atoms with E-state index in [-0.39, 0.29) is 52.8 Å². The third kappa shape index (κ3) is 3.45. The van der Waals surface area contributed by atoms with Crippen molar-refractivity contribution >= 4 is 5.97 Å². The van der Waals surface area contributed by atoms with Gasteiger partial charge >= 0.3 is 5.97 Å². The largest absolute Gasteiger partial charge is 0.481 e. The van der Waals surface area contributed by atoms with Crippen LogP contribution in [0.4, 0.5) is 0 Å². The standard InChI is InChI=1S/C26H40O5/c1-5-26(31)11-10-24(3)16(14-26)12-20(27)23-18-8-7-17(15(2)6-9-22(29)30)25(18,4)21(28)13-19(23)24/h1,15-21,23,27-28,31H,6-14H2,2-4H3,(H,29,30)/t15-,16?,17-,18?,19?,20-,21+,23?,24+,25-,26-/m1/s1. The van der Waals surface area contributed by atoms with Crippen molar-refractivity contribution in [1.82, 2.24) is 0 Å². The molecule has 11 atom stereocenters. The molecule has 174 valence electrons. The Morgan fingerprint density at radius 2 is 1.87 bits per heavy atom. The van der Waals surface area contributed by atoms with Crippen LogP contribution < -0.4 is 0 Å². The Kier molecular flexibility index (Phi) is 5.77. The normalized spacial score (nSPS) is 52.4. The number of carbonyl (C=O) groups is 1. The maximum Gasteiger partial charge on any atom is 0.303 e. The SMILES string of the molecule is C#C[C@@]1(O)CC[C@@]2(C)C(C[C@@H](O)C3C2C[C@H](O)[C@@]2(C)C3CC[C@@H]2[C@H](C)CCC(=O)O)C1. The zero-order valence-electron chi connectivity index (χ0n) is 19.3. The summed E-state index contributed by atoms with van der Waals surface area (Å²) in [6, 6.07) is 0. The van der Waals surface area contributed by atoms with E-state index in [1.165, 1.54) is 0 Å². The van der Waals surface area contributed by atoms with Crippen LogP contribution in [0.25, 0.3) is 0 Å². The number of aliphatic hydroxyl groups is 3. The van der Waals surface area contributed by atoms with Crippen LogP contribution in [0, 0.1) is 58.7 Å². The minimum absolute atomic E-state index is 0.0255. The number of carboxylic acids is 1. The van der Waals surface area contributed by atoms with Crippen LogP contribution in [0.15, 0.2) is 0 Å². The van der Waals surface area contributed by atoms with E-state index in [1.54, 1.807) is 0 Å². The highest BCUT2D eigenvalue weighted by molar-refractivity contribution is 5.66. The predicted octanol–water partition coefficient (Wildman–Crippen LogP) is 3.45. The third-order valence-electron chi connectivity index (χ3n) is 10.7. The summed E-state index contributed by atoms with van der Waals surface area (Å²) in [6.45, 7) is 6.64. The minimum atomic E-state index is -1.07. The van der Waals surface area contributed by atoms with Gasteiger partial charge in [0.25, 0.3) is 0 Å². The molecule has 4 aliphatic carbocycles. The fourth-order valence-electron chi connectivity index (χ4n) is 8.83. The van der Waals surface area contributed by atoms with E-state index in [0.29, 0.717) is 32.1 Å². The Hall–Kier alpha value is -1.09. The van der Waals surface area contributed by atoms with E-state index >= 15 is 0 Å². The average molecular weight is 433 g/mol. The van der Waals surface area contributed by atoms with Crippen LogP contribution in [-0.4, -0.2) is 44.2 Å². The van der Waals surface area contributed by atoms with Crippen LogP contribution in [0.1, 0.15) is 78.6 Å². The van der Waals surface area contributed by atoms with E-state index in [9.17, 15) is 20.1 Å². The molecule has 5 nitrogen and oxygen atoms in total. The topological polar surface area (TPSA) is 98.0 Å². The van der Waals surface area contributed by atoms with Crippen LogP contribution in [0.2, 0.25) is 0 Å². The smallest absolute Gasteiger partial charge is 0.303 e. The lowest BCUT2D eigenvalue weighted by Gasteiger charge is -2.64. The fraction of sp³-hybridized carbons (Fsp3) is 0.885. The maximum absolute atomic E-state index is 11.5. The van der Waals surface area contributed by atoms with Crippen LogP contribution >= 0.6 is 0 Å². The second-order valence-electron chi connectivity index (χ2n) is 11.9. The molecule has 4 rings (SSSR count). The van der Waals surface area contributed by atoms with E-state index in [4.69, 9.17) is 11.5 Å². The number of hydrogen-bond acceptors (Lipinski definition) is 4. The van der Waals surface area contributed by atoms with Crippen molar-refractivity contribution in [2.45, 2.75) is 96.4 Å². The first kappa shape index (κ1) is 23.1. The van der Waals surface area contributed by atoms with Gasteiger partial charge in [0.05, 0.1) is 12.2 Å². The van der Waals surface area contributed by atoms with Crippen molar-refractivity contribution in [3.05, 3.63) is 0 Å². The molecule has 0 bridgehead atoms. The van der Waals surface area contributed by atoms with Crippen LogP contribution in [-0.2, 0) is 4.79 Å². The molecule has 0 heterocycles. The van der Waals surface area contributed by atoms with Gasteiger partial charge in [0, 0.05) is 6.42 Å². The molecule has 4 unspecified atom stereocenters. The lowest BCUT2D eigenvalue weighted by molar-refractivity contribution is -0.211. The molecular formula is C26H40O5. The first-order valence-electron chi connectivity index (χ1n) is 12.2. The summed E-state index contributed by atoms with van der Waals surface area (Å²) in [7, 11) is 0. The summed E-state index contributed by atoms with van der Waals surface area (Å²) in [5.74, 6) is 3.15. The van der Waals surface area contributed by atoms with Gasteiger partial charge in [0.15, 0.2) is 0 Å². The van der Waals surface area contributed by atoms with E-state index < -0.39 is 23.8 Å². The van der Waals surface area contributed by atoms with E-state index in [2.05, 4.69) is 26.7 Å². The molecule has 4 N–H and O–H groups in total. The molecule has 4 fully saturated rings. The van der Waals surface area contributed by atoms with E-state index in [1.807, 2.05) is 0 Å². The highest BCUT2D eigenvalue weighted by Crippen LogP contribution is 2.68. The average Bonchev–Trinajstić information content (AvgIpc) is 3.07. The van der Waals surface area contributed by atoms with Gasteiger partial charge in [0.2, 0.25) is 0 Å². The summed E-state index contributed by atoms with van der Waals surface area (Å²) in [5, 5.41) is 42.8. The quantitative estimate of drug-likeness (QED) is 0.510. The zero-order valence-corrected chi connectivity index (χ0v) is 19.3. The molecule has 0 amide bonds. The molecule has 0 saturated heterocycles. The lowest BCUT2D eigenvalue weighted by atomic mass is 9.42. The van der Waals surface area contributed by atoms with Crippen molar-refractivity contribution in [2.75, 3.05) is 0 Å². The highest BCUT2D eigenvalue weighted by atomic mass is 16.4. The summed E-state index contributed by atoms with van der Waals surface area (Å²) in [6.07, 6.45) is 10.8. The van der Waals surface area contributed by atoms with Gasteiger partial charge in [-0.2, -0.15) is 0 Å². The Bertz CT molecular complexity index is 759. The van der Waals surface area contributed by atoms with Crippen molar-refractivity contribution in [2.24, 2.45) is 46.3 Å².